The van der Waals surface area contributed by atoms with Crippen LogP contribution in [0.5, 0.6) is 11.5 Å². The van der Waals surface area contributed by atoms with E-state index >= 15 is 0 Å². The third-order valence-corrected chi connectivity index (χ3v) is 6.92. The Morgan fingerprint density at radius 3 is 2.38 bits per heavy atom. The number of ether oxygens (including phenoxy) is 2. The van der Waals surface area contributed by atoms with Crippen molar-refractivity contribution in [3.05, 3.63) is 88.4 Å². The molecule has 1 heterocycles. The topological polar surface area (TPSA) is 54.0 Å². The molecule has 1 aliphatic rings. The highest BCUT2D eigenvalue weighted by atomic mass is 35.5. The Kier molecular flexibility index (Phi) is 9.39. The zero-order chi connectivity index (χ0) is 26.2. The lowest BCUT2D eigenvalue weighted by Crippen LogP contribution is -2.48. The third kappa shape index (κ3) is 7.44. The van der Waals surface area contributed by atoms with E-state index in [0.29, 0.717) is 28.8 Å². The normalized spacial score (nSPS) is 13.8. The summed E-state index contributed by atoms with van der Waals surface area (Å²) in [6, 6.07) is 21.7. The van der Waals surface area contributed by atoms with E-state index in [1.165, 1.54) is 5.56 Å². The number of halogens is 1. The number of anilines is 1. The summed E-state index contributed by atoms with van der Waals surface area (Å²) >= 11 is 12.4. The average molecular weight is 538 g/mol. The van der Waals surface area contributed by atoms with Crippen molar-refractivity contribution in [2.45, 2.75) is 20.4 Å². The number of aryl methyl sites for hydroxylation is 1. The van der Waals surface area contributed by atoms with Crippen LogP contribution < -0.4 is 14.8 Å². The Balaban J connectivity index is 1.37. The van der Waals surface area contributed by atoms with Crippen molar-refractivity contribution in [3.63, 3.8) is 0 Å². The number of carbonyl (C=O) groups is 1. The predicted molar refractivity (Wildman–Crippen MR) is 153 cm³/mol. The first-order chi connectivity index (χ1) is 17.9. The van der Waals surface area contributed by atoms with Gasteiger partial charge in [-0.05, 0) is 43.7 Å². The molecule has 3 aromatic rings. The van der Waals surface area contributed by atoms with Crippen LogP contribution in [-0.4, -0.2) is 60.1 Å². The van der Waals surface area contributed by atoms with Crippen LogP contribution in [0.1, 0.15) is 23.6 Å². The van der Waals surface area contributed by atoms with Gasteiger partial charge in [0, 0.05) is 44.0 Å². The van der Waals surface area contributed by atoms with Gasteiger partial charge >= 0.3 is 0 Å². The zero-order valence-electron chi connectivity index (χ0n) is 21.2. The SMILES string of the molecule is CCOc1cc(C(=S)N2CCN(Cc3ccccc3)CC2)cc(Cl)c1OCC(=O)Nc1ccc(C)cc1. The first-order valence-electron chi connectivity index (χ1n) is 12.4. The number of hydrogen-bond donors (Lipinski definition) is 1. The molecule has 1 aliphatic heterocycles. The largest absolute Gasteiger partial charge is 0.490 e. The monoisotopic (exact) mass is 537 g/mol. The van der Waals surface area contributed by atoms with Gasteiger partial charge in [0.1, 0.15) is 4.99 Å². The van der Waals surface area contributed by atoms with E-state index in [1.54, 1.807) is 6.07 Å². The van der Waals surface area contributed by atoms with Crippen LogP contribution in [0.25, 0.3) is 0 Å². The van der Waals surface area contributed by atoms with E-state index in [4.69, 9.17) is 33.3 Å². The number of hydrogen-bond acceptors (Lipinski definition) is 5. The molecule has 0 bridgehead atoms. The number of thiocarbonyl (C=S) groups is 1. The zero-order valence-corrected chi connectivity index (χ0v) is 22.8. The minimum absolute atomic E-state index is 0.194. The summed E-state index contributed by atoms with van der Waals surface area (Å²) in [4.78, 5) is 17.8. The maximum atomic E-state index is 12.4. The summed E-state index contributed by atoms with van der Waals surface area (Å²) in [5.74, 6) is 0.523. The summed E-state index contributed by atoms with van der Waals surface area (Å²) in [5, 5.41) is 3.18. The molecule has 8 heteroatoms. The van der Waals surface area contributed by atoms with E-state index < -0.39 is 0 Å². The summed E-state index contributed by atoms with van der Waals surface area (Å²) < 4.78 is 11.6. The van der Waals surface area contributed by atoms with Gasteiger partial charge in [-0.1, -0.05) is 71.8 Å². The van der Waals surface area contributed by atoms with Crippen molar-refractivity contribution >= 4 is 40.4 Å². The Morgan fingerprint density at radius 2 is 1.70 bits per heavy atom. The second-order valence-corrected chi connectivity index (χ2v) is 9.77. The summed E-state index contributed by atoms with van der Waals surface area (Å²) in [6.45, 7) is 8.58. The van der Waals surface area contributed by atoms with E-state index in [9.17, 15) is 4.79 Å². The lowest BCUT2D eigenvalue weighted by atomic mass is 10.1. The fourth-order valence-corrected chi connectivity index (χ4v) is 4.77. The number of piperazine rings is 1. The first kappa shape index (κ1) is 26.9. The fourth-order valence-electron chi connectivity index (χ4n) is 4.20. The highest BCUT2D eigenvalue weighted by Gasteiger charge is 2.22. The van der Waals surface area contributed by atoms with Gasteiger partial charge in [0.2, 0.25) is 0 Å². The molecule has 37 heavy (non-hydrogen) atoms. The standard InChI is InChI=1S/C29H32ClN3O3S/c1-3-35-26-18-23(29(37)33-15-13-32(14-16-33)19-22-7-5-4-6-8-22)17-25(30)28(26)36-20-27(34)31-24-11-9-21(2)10-12-24/h4-12,17-18H,3,13-16,19-20H2,1-2H3,(H,31,34). The number of nitrogens with zero attached hydrogens (tertiary/aromatic N) is 2. The lowest BCUT2D eigenvalue weighted by molar-refractivity contribution is -0.118. The van der Waals surface area contributed by atoms with Crippen LogP contribution in [0.3, 0.4) is 0 Å². The molecule has 1 amide bonds. The molecular weight excluding hydrogens is 506 g/mol. The Morgan fingerprint density at radius 1 is 1.00 bits per heavy atom. The molecule has 0 atom stereocenters. The average Bonchev–Trinajstić information content (AvgIpc) is 2.90. The summed E-state index contributed by atoms with van der Waals surface area (Å²) in [5.41, 5.74) is 3.94. The molecule has 3 aromatic carbocycles. The maximum absolute atomic E-state index is 12.4. The van der Waals surface area contributed by atoms with E-state index in [1.807, 2.05) is 50.2 Å². The Hall–Kier alpha value is -3.13. The van der Waals surface area contributed by atoms with Crippen LogP contribution in [0.15, 0.2) is 66.7 Å². The van der Waals surface area contributed by atoms with Crippen molar-refractivity contribution in [1.29, 1.82) is 0 Å². The van der Waals surface area contributed by atoms with Crippen LogP contribution in [0.2, 0.25) is 5.02 Å². The van der Waals surface area contributed by atoms with Gasteiger partial charge < -0.3 is 19.7 Å². The molecule has 0 unspecified atom stereocenters. The molecule has 0 aliphatic carbocycles. The smallest absolute Gasteiger partial charge is 0.262 e. The fraction of sp³-hybridized carbons (Fsp3) is 0.310. The minimum Gasteiger partial charge on any atom is -0.490 e. The van der Waals surface area contributed by atoms with E-state index in [0.717, 1.165) is 48.8 Å². The van der Waals surface area contributed by atoms with Gasteiger partial charge in [-0.3, -0.25) is 9.69 Å². The first-order valence-corrected chi connectivity index (χ1v) is 13.2. The number of rotatable bonds is 9. The van der Waals surface area contributed by atoms with Crippen molar-refractivity contribution < 1.29 is 14.3 Å². The van der Waals surface area contributed by atoms with Gasteiger partial charge in [0.05, 0.1) is 11.6 Å². The van der Waals surface area contributed by atoms with Crippen molar-refractivity contribution in [1.82, 2.24) is 9.80 Å². The molecule has 0 aromatic heterocycles. The van der Waals surface area contributed by atoms with Crippen LogP contribution in [-0.2, 0) is 11.3 Å². The van der Waals surface area contributed by atoms with Crippen LogP contribution >= 0.6 is 23.8 Å². The number of benzene rings is 3. The van der Waals surface area contributed by atoms with Crippen molar-refractivity contribution in [2.24, 2.45) is 0 Å². The molecule has 0 spiro atoms. The van der Waals surface area contributed by atoms with Gasteiger partial charge in [-0.15, -0.1) is 0 Å². The molecule has 4 rings (SSSR count). The highest BCUT2D eigenvalue weighted by molar-refractivity contribution is 7.80. The van der Waals surface area contributed by atoms with Gasteiger partial charge in [-0.25, -0.2) is 0 Å². The second kappa shape index (κ2) is 12.9. The molecule has 6 nitrogen and oxygen atoms in total. The molecule has 194 valence electrons. The molecule has 0 radical (unpaired) electrons. The predicted octanol–water partition coefficient (Wildman–Crippen LogP) is 5.56. The molecule has 1 N–H and O–H groups in total. The van der Waals surface area contributed by atoms with Crippen molar-refractivity contribution in [2.75, 3.05) is 44.7 Å². The molecule has 1 saturated heterocycles. The Bertz CT molecular complexity index is 1210. The van der Waals surface area contributed by atoms with Gasteiger partial charge in [0.25, 0.3) is 5.91 Å². The third-order valence-electron chi connectivity index (χ3n) is 6.15. The van der Waals surface area contributed by atoms with Gasteiger partial charge in [-0.2, -0.15) is 0 Å². The second-order valence-electron chi connectivity index (χ2n) is 8.98. The number of amides is 1. The van der Waals surface area contributed by atoms with Crippen LogP contribution in [0.4, 0.5) is 5.69 Å². The molecular formula is C29H32ClN3O3S. The number of carbonyl (C=O) groups excluding carboxylic acids is 1. The quantitative estimate of drug-likeness (QED) is 0.361. The summed E-state index contributed by atoms with van der Waals surface area (Å²) in [6.07, 6.45) is 0. The lowest BCUT2D eigenvalue weighted by Gasteiger charge is -2.36. The summed E-state index contributed by atoms with van der Waals surface area (Å²) in [7, 11) is 0. The molecule has 0 saturated carbocycles. The van der Waals surface area contributed by atoms with Crippen LogP contribution in [0, 0.1) is 6.92 Å². The maximum Gasteiger partial charge on any atom is 0.262 e. The number of nitrogens with one attached hydrogen (secondary N) is 1. The highest BCUT2D eigenvalue weighted by Crippen LogP contribution is 2.37. The molecule has 1 fully saturated rings. The minimum atomic E-state index is -0.282. The van der Waals surface area contributed by atoms with E-state index in [2.05, 4.69) is 39.4 Å². The van der Waals surface area contributed by atoms with Crippen molar-refractivity contribution in [3.8, 4) is 11.5 Å². The van der Waals surface area contributed by atoms with Gasteiger partial charge in [0.15, 0.2) is 18.1 Å². The Labute approximate surface area is 229 Å². The van der Waals surface area contributed by atoms with E-state index in [-0.39, 0.29) is 12.5 Å².